The normalized spacial score (nSPS) is 20.2. The molecule has 1 aromatic heterocycles. The number of nitrogens with zero attached hydrogens (tertiary/aromatic N) is 1. The van der Waals surface area contributed by atoms with Crippen LogP contribution in [0.25, 0.3) is 0 Å². The third-order valence-corrected chi connectivity index (χ3v) is 4.57. The maximum absolute atomic E-state index is 12.2. The molecule has 0 aromatic carbocycles. The van der Waals surface area contributed by atoms with E-state index in [0.29, 0.717) is 12.0 Å². The molecule has 0 spiro atoms. The molecule has 2 heterocycles. The Bertz CT molecular complexity index is 468. The number of hydrogen-bond donors (Lipinski definition) is 1. The average Bonchev–Trinajstić information content (AvgIpc) is 3.08. The first kappa shape index (κ1) is 17.3. The number of thiophene rings is 1. The lowest BCUT2D eigenvalue weighted by Gasteiger charge is -2.26. The van der Waals surface area contributed by atoms with Gasteiger partial charge in [0.15, 0.2) is 0 Å². The van der Waals surface area contributed by atoms with Gasteiger partial charge in [0, 0.05) is 19.1 Å². The van der Waals surface area contributed by atoms with E-state index in [2.05, 4.69) is 29.1 Å². The lowest BCUT2D eigenvalue weighted by molar-refractivity contribution is 0.0285. The van der Waals surface area contributed by atoms with Crippen LogP contribution >= 0.6 is 11.3 Å². The Morgan fingerprint density at radius 1 is 1.55 bits per heavy atom. The number of amides is 1. The fraction of sp³-hybridized carbons (Fsp3) is 0.706. The minimum Gasteiger partial charge on any atom is -0.444 e. The van der Waals surface area contributed by atoms with Crippen LogP contribution in [-0.2, 0) is 4.74 Å². The van der Waals surface area contributed by atoms with Crippen LogP contribution in [0.1, 0.15) is 52.1 Å². The van der Waals surface area contributed by atoms with Crippen molar-refractivity contribution in [2.24, 2.45) is 5.92 Å². The molecule has 0 bridgehead atoms. The number of rotatable bonds is 5. The number of hydrogen-bond acceptors (Lipinski definition) is 4. The zero-order valence-corrected chi connectivity index (χ0v) is 14.9. The summed E-state index contributed by atoms with van der Waals surface area (Å²) < 4.78 is 5.49. The molecule has 2 atom stereocenters. The van der Waals surface area contributed by atoms with Crippen LogP contribution < -0.4 is 5.32 Å². The smallest absolute Gasteiger partial charge is 0.410 e. The van der Waals surface area contributed by atoms with Crippen molar-refractivity contribution in [1.82, 2.24) is 10.2 Å². The third-order valence-electron chi connectivity index (χ3n) is 3.86. The highest BCUT2D eigenvalue weighted by Crippen LogP contribution is 2.32. The first-order valence-corrected chi connectivity index (χ1v) is 9.08. The molecule has 2 unspecified atom stereocenters. The highest BCUT2D eigenvalue weighted by molar-refractivity contribution is 7.07. The van der Waals surface area contributed by atoms with Crippen LogP contribution in [0.3, 0.4) is 0 Å². The van der Waals surface area contributed by atoms with Gasteiger partial charge in [0.05, 0.1) is 0 Å². The van der Waals surface area contributed by atoms with Gasteiger partial charge in [-0.15, -0.1) is 0 Å². The molecule has 1 fully saturated rings. The molecular formula is C17H28N2O2S. The molecule has 1 N–H and O–H groups in total. The number of likely N-dealkylation sites (tertiary alicyclic amines) is 1. The van der Waals surface area contributed by atoms with Crippen LogP contribution in [0.4, 0.5) is 4.79 Å². The van der Waals surface area contributed by atoms with E-state index in [1.807, 2.05) is 25.7 Å². The molecule has 1 amide bonds. The molecule has 22 heavy (non-hydrogen) atoms. The summed E-state index contributed by atoms with van der Waals surface area (Å²) in [4.78, 5) is 14.1. The number of carbonyl (C=O) groups is 1. The van der Waals surface area contributed by atoms with E-state index >= 15 is 0 Å². The molecule has 1 aliphatic rings. The minimum atomic E-state index is -0.428. The predicted octanol–water partition coefficient (Wildman–Crippen LogP) is 4.05. The Balaban J connectivity index is 1.98. The van der Waals surface area contributed by atoms with Crippen molar-refractivity contribution in [1.29, 1.82) is 0 Å². The summed E-state index contributed by atoms with van der Waals surface area (Å²) in [5.41, 5.74) is 0.914. The van der Waals surface area contributed by atoms with Crippen molar-refractivity contribution in [2.45, 2.75) is 52.2 Å². The first-order valence-electron chi connectivity index (χ1n) is 8.14. The minimum absolute atomic E-state index is 0.186. The Hall–Kier alpha value is -1.07. The van der Waals surface area contributed by atoms with Gasteiger partial charge < -0.3 is 15.0 Å². The highest BCUT2D eigenvalue weighted by atomic mass is 32.1. The topological polar surface area (TPSA) is 41.6 Å². The van der Waals surface area contributed by atoms with Gasteiger partial charge in [0.1, 0.15) is 5.60 Å². The van der Waals surface area contributed by atoms with Crippen molar-refractivity contribution in [3.63, 3.8) is 0 Å². The molecule has 2 rings (SSSR count). The molecule has 5 heteroatoms. The lowest BCUT2D eigenvalue weighted by Crippen LogP contribution is -2.37. The Morgan fingerprint density at radius 2 is 2.32 bits per heavy atom. The second-order valence-electron chi connectivity index (χ2n) is 6.96. The molecule has 1 aromatic rings. The molecule has 0 saturated carbocycles. The number of nitrogens with one attached hydrogen (secondary N) is 1. The maximum atomic E-state index is 12.2. The summed E-state index contributed by atoms with van der Waals surface area (Å²) in [6.07, 6.45) is 1.95. The quantitative estimate of drug-likeness (QED) is 0.888. The SMILES string of the molecule is CCCNC(c1ccsc1)C1CCN(C(=O)OC(C)(C)C)C1. The van der Waals surface area contributed by atoms with Gasteiger partial charge in [-0.2, -0.15) is 11.3 Å². The fourth-order valence-electron chi connectivity index (χ4n) is 2.86. The Labute approximate surface area is 137 Å². The first-order chi connectivity index (χ1) is 10.4. The van der Waals surface area contributed by atoms with Crippen molar-refractivity contribution in [3.8, 4) is 0 Å². The molecule has 0 radical (unpaired) electrons. The van der Waals surface area contributed by atoms with E-state index in [-0.39, 0.29) is 6.09 Å². The van der Waals surface area contributed by atoms with E-state index in [1.165, 1.54) is 5.56 Å². The van der Waals surface area contributed by atoms with Crippen molar-refractivity contribution in [2.75, 3.05) is 19.6 Å². The van der Waals surface area contributed by atoms with E-state index in [9.17, 15) is 4.79 Å². The zero-order valence-electron chi connectivity index (χ0n) is 14.1. The largest absolute Gasteiger partial charge is 0.444 e. The van der Waals surface area contributed by atoms with Crippen LogP contribution in [0.5, 0.6) is 0 Å². The molecule has 124 valence electrons. The van der Waals surface area contributed by atoms with Crippen LogP contribution in [-0.4, -0.2) is 36.2 Å². The van der Waals surface area contributed by atoms with Gasteiger partial charge in [-0.3, -0.25) is 0 Å². The second-order valence-corrected chi connectivity index (χ2v) is 7.74. The van der Waals surface area contributed by atoms with Crippen molar-refractivity contribution >= 4 is 17.4 Å². The van der Waals surface area contributed by atoms with Gasteiger partial charge in [-0.25, -0.2) is 4.79 Å². The van der Waals surface area contributed by atoms with Gasteiger partial charge >= 0.3 is 6.09 Å². The van der Waals surface area contributed by atoms with Crippen molar-refractivity contribution in [3.05, 3.63) is 22.4 Å². The monoisotopic (exact) mass is 324 g/mol. The predicted molar refractivity (Wildman–Crippen MR) is 91.3 cm³/mol. The molecule has 1 saturated heterocycles. The van der Waals surface area contributed by atoms with E-state index in [0.717, 1.165) is 32.5 Å². The van der Waals surface area contributed by atoms with Crippen LogP contribution in [0.2, 0.25) is 0 Å². The molecular weight excluding hydrogens is 296 g/mol. The molecule has 0 aliphatic carbocycles. The van der Waals surface area contributed by atoms with Crippen LogP contribution in [0.15, 0.2) is 16.8 Å². The summed E-state index contributed by atoms with van der Waals surface area (Å²) in [5.74, 6) is 0.452. The molecule has 1 aliphatic heterocycles. The van der Waals surface area contributed by atoms with Gasteiger partial charge in [-0.1, -0.05) is 6.92 Å². The zero-order chi connectivity index (χ0) is 16.2. The lowest BCUT2D eigenvalue weighted by atomic mass is 9.94. The van der Waals surface area contributed by atoms with E-state index in [1.54, 1.807) is 11.3 Å². The summed E-state index contributed by atoms with van der Waals surface area (Å²) in [7, 11) is 0. The number of carbonyl (C=O) groups excluding carboxylic acids is 1. The van der Waals surface area contributed by atoms with E-state index in [4.69, 9.17) is 4.74 Å². The average molecular weight is 324 g/mol. The molecule has 4 nitrogen and oxygen atoms in total. The van der Waals surface area contributed by atoms with Gasteiger partial charge in [-0.05, 0) is 68.5 Å². The van der Waals surface area contributed by atoms with Crippen LogP contribution in [0, 0.1) is 5.92 Å². The number of ether oxygens (including phenoxy) is 1. The van der Waals surface area contributed by atoms with Gasteiger partial charge in [0.25, 0.3) is 0 Å². The van der Waals surface area contributed by atoms with Crippen molar-refractivity contribution < 1.29 is 9.53 Å². The second kappa shape index (κ2) is 7.47. The van der Waals surface area contributed by atoms with E-state index < -0.39 is 5.60 Å². The summed E-state index contributed by atoms with van der Waals surface area (Å²) in [5, 5.41) is 7.98. The standard InChI is InChI=1S/C17H28N2O2S/c1-5-8-18-15(14-7-10-22-12-14)13-6-9-19(11-13)16(20)21-17(2,3)4/h7,10,12-13,15,18H,5-6,8-9,11H2,1-4H3. The Morgan fingerprint density at radius 3 is 2.91 bits per heavy atom. The summed E-state index contributed by atoms with van der Waals surface area (Å²) in [6, 6.07) is 2.52. The van der Waals surface area contributed by atoms with Gasteiger partial charge in [0.2, 0.25) is 0 Å². The third kappa shape index (κ3) is 4.71. The fourth-order valence-corrected chi connectivity index (χ4v) is 3.56. The Kier molecular flexibility index (Phi) is 5.87. The maximum Gasteiger partial charge on any atom is 0.410 e. The summed E-state index contributed by atoms with van der Waals surface area (Å²) in [6.45, 7) is 10.5. The summed E-state index contributed by atoms with van der Waals surface area (Å²) >= 11 is 1.73. The highest BCUT2D eigenvalue weighted by Gasteiger charge is 2.34.